The molecule has 4 aromatic heterocycles. The van der Waals surface area contributed by atoms with E-state index in [4.69, 9.17) is 9.72 Å². The first-order valence-corrected chi connectivity index (χ1v) is 11.4. The highest BCUT2D eigenvalue weighted by atomic mass is 16.5. The van der Waals surface area contributed by atoms with E-state index >= 15 is 0 Å². The van der Waals surface area contributed by atoms with Crippen molar-refractivity contribution in [1.29, 1.82) is 0 Å². The molecule has 0 aromatic carbocycles. The summed E-state index contributed by atoms with van der Waals surface area (Å²) >= 11 is 0. The maximum atomic E-state index is 13.3. The average molecular weight is 449 g/mol. The van der Waals surface area contributed by atoms with Crippen LogP contribution in [0, 0.1) is 5.92 Å². The van der Waals surface area contributed by atoms with Gasteiger partial charge in [0.1, 0.15) is 17.1 Å². The SMILES string of the molecule is CC(C)Oc1cc2nc([C@H]3CC[C@H](CO)CC3)cn2cc1C(=O)Nc1cnn2cccnc12. The van der Waals surface area contributed by atoms with Gasteiger partial charge in [-0.2, -0.15) is 5.10 Å². The minimum Gasteiger partial charge on any atom is -0.490 e. The number of aliphatic hydroxyl groups excluding tert-OH is 1. The Labute approximate surface area is 191 Å². The Morgan fingerprint density at radius 1 is 1.27 bits per heavy atom. The summed E-state index contributed by atoms with van der Waals surface area (Å²) in [5.41, 5.74) is 3.29. The smallest absolute Gasteiger partial charge is 0.261 e. The summed E-state index contributed by atoms with van der Waals surface area (Å²) in [4.78, 5) is 22.4. The molecule has 0 spiro atoms. The zero-order valence-electron chi connectivity index (χ0n) is 18.8. The van der Waals surface area contributed by atoms with Crippen molar-refractivity contribution in [3.63, 3.8) is 0 Å². The van der Waals surface area contributed by atoms with Crippen molar-refractivity contribution in [3.05, 3.63) is 54.4 Å². The van der Waals surface area contributed by atoms with Gasteiger partial charge in [-0.05, 0) is 51.5 Å². The second-order valence-corrected chi connectivity index (χ2v) is 8.95. The van der Waals surface area contributed by atoms with Crippen LogP contribution < -0.4 is 10.1 Å². The molecule has 1 amide bonds. The van der Waals surface area contributed by atoms with Crippen molar-refractivity contribution in [2.24, 2.45) is 5.92 Å². The van der Waals surface area contributed by atoms with Gasteiger partial charge in [0.15, 0.2) is 5.65 Å². The van der Waals surface area contributed by atoms with Gasteiger partial charge in [-0.1, -0.05) is 0 Å². The predicted molar refractivity (Wildman–Crippen MR) is 124 cm³/mol. The zero-order valence-corrected chi connectivity index (χ0v) is 18.8. The number of amides is 1. The Morgan fingerprint density at radius 2 is 2.09 bits per heavy atom. The quantitative estimate of drug-likeness (QED) is 0.466. The summed E-state index contributed by atoms with van der Waals surface area (Å²) in [5.74, 6) is 0.950. The van der Waals surface area contributed by atoms with E-state index in [0.717, 1.165) is 37.0 Å². The normalized spacial score (nSPS) is 18.8. The van der Waals surface area contributed by atoms with Gasteiger partial charge in [0.25, 0.3) is 5.91 Å². The third-order valence-corrected chi connectivity index (χ3v) is 6.23. The minimum absolute atomic E-state index is 0.0964. The van der Waals surface area contributed by atoms with Crippen LogP contribution in [0.15, 0.2) is 43.1 Å². The number of imidazole rings is 1. The zero-order chi connectivity index (χ0) is 22.9. The summed E-state index contributed by atoms with van der Waals surface area (Å²) in [6.07, 6.45) is 12.8. The summed E-state index contributed by atoms with van der Waals surface area (Å²) in [6.45, 7) is 4.11. The van der Waals surface area contributed by atoms with E-state index in [1.807, 2.05) is 30.5 Å². The molecule has 9 heteroatoms. The van der Waals surface area contributed by atoms with Crippen LogP contribution in [0.2, 0.25) is 0 Å². The Hall–Kier alpha value is -3.46. The molecule has 4 heterocycles. The van der Waals surface area contributed by atoms with Crippen molar-refractivity contribution in [2.75, 3.05) is 11.9 Å². The number of nitrogens with zero attached hydrogens (tertiary/aromatic N) is 5. The fourth-order valence-corrected chi connectivity index (χ4v) is 4.50. The summed E-state index contributed by atoms with van der Waals surface area (Å²) in [7, 11) is 0. The number of ether oxygens (including phenoxy) is 1. The molecular weight excluding hydrogens is 420 g/mol. The van der Waals surface area contributed by atoms with E-state index < -0.39 is 0 Å². The van der Waals surface area contributed by atoms with E-state index in [1.54, 1.807) is 35.4 Å². The number of carbonyl (C=O) groups excluding carboxylic acids is 1. The van der Waals surface area contributed by atoms with Gasteiger partial charge in [-0.15, -0.1) is 0 Å². The van der Waals surface area contributed by atoms with Gasteiger partial charge in [0.2, 0.25) is 0 Å². The predicted octanol–water partition coefficient (Wildman–Crippen LogP) is 3.68. The maximum absolute atomic E-state index is 13.3. The van der Waals surface area contributed by atoms with Crippen LogP contribution in [0.3, 0.4) is 0 Å². The monoisotopic (exact) mass is 448 g/mol. The molecule has 0 atom stereocenters. The van der Waals surface area contributed by atoms with Gasteiger partial charge in [0, 0.05) is 43.4 Å². The molecule has 1 fully saturated rings. The first kappa shape index (κ1) is 21.4. The fourth-order valence-electron chi connectivity index (χ4n) is 4.50. The van der Waals surface area contributed by atoms with E-state index in [0.29, 0.717) is 34.5 Å². The van der Waals surface area contributed by atoms with Crippen molar-refractivity contribution in [2.45, 2.75) is 51.6 Å². The largest absolute Gasteiger partial charge is 0.490 e. The third kappa shape index (κ3) is 4.28. The number of fused-ring (bicyclic) bond motifs is 2. The average Bonchev–Trinajstić information content (AvgIpc) is 3.42. The van der Waals surface area contributed by atoms with Gasteiger partial charge in [-0.25, -0.2) is 14.5 Å². The highest BCUT2D eigenvalue weighted by Crippen LogP contribution is 2.35. The lowest BCUT2D eigenvalue weighted by Gasteiger charge is -2.25. The fraction of sp³-hybridized carbons (Fsp3) is 0.417. The summed E-state index contributed by atoms with van der Waals surface area (Å²) in [5, 5.41) is 16.6. The molecule has 0 bridgehead atoms. The molecule has 0 radical (unpaired) electrons. The van der Waals surface area contributed by atoms with Crippen molar-refractivity contribution in [1.82, 2.24) is 24.0 Å². The number of pyridine rings is 1. The molecule has 172 valence electrons. The lowest BCUT2D eigenvalue weighted by Crippen LogP contribution is -2.16. The van der Waals surface area contributed by atoms with E-state index in [9.17, 15) is 9.90 Å². The third-order valence-electron chi connectivity index (χ3n) is 6.23. The summed E-state index contributed by atoms with van der Waals surface area (Å²) < 4.78 is 9.49. The molecule has 0 aliphatic heterocycles. The molecule has 1 aliphatic rings. The van der Waals surface area contributed by atoms with E-state index in [2.05, 4.69) is 15.4 Å². The molecule has 33 heavy (non-hydrogen) atoms. The van der Waals surface area contributed by atoms with Crippen LogP contribution in [-0.4, -0.2) is 47.7 Å². The Bertz CT molecular complexity index is 1290. The molecular formula is C24H28N6O3. The van der Waals surface area contributed by atoms with Crippen LogP contribution in [0.25, 0.3) is 11.3 Å². The van der Waals surface area contributed by atoms with Crippen LogP contribution >= 0.6 is 0 Å². The molecule has 9 nitrogen and oxygen atoms in total. The van der Waals surface area contributed by atoms with Crippen molar-refractivity contribution < 1.29 is 14.6 Å². The second-order valence-electron chi connectivity index (χ2n) is 8.95. The highest BCUT2D eigenvalue weighted by Gasteiger charge is 2.25. The molecule has 4 aromatic rings. The lowest BCUT2D eigenvalue weighted by molar-refractivity contribution is 0.102. The minimum atomic E-state index is -0.299. The number of aliphatic hydroxyl groups is 1. The van der Waals surface area contributed by atoms with E-state index in [-0.39, 0.29) is 18.6 Å². The highest BCUT2D eigenvalue weighted by molar-refractivity contribution is 6.07. The number of nitrogens with one attached hydrogen (secondary N) is 1. The standard InChI is InChI=1S/C24H28N6O3/c1-15(2)33-21-10-22-27-20(17-6-4-16(14-31)5-7-17)13-29(22)12-18(21)24(32)28-19-11-26-30-9-3-8-25-23(19)30/h3,8-13,15-17,31H,4-7,14H2,1-2H3,(H,28,32)/t16-,17-. The molecule has 1 aliphatic carbocycles. The number of carbonyl (C=O) groups is 1. The number of hydrogen-bond acceptors (Lipinski definition) is 6. The molecule has 0 saturated heterocycles. The topological polar surface area (TPSA) is 106 Å². The molecule has 5 rings (SSSR count). The molecule has 2 N–H and O–H groups in total. The molecule has 1 saturated carbocycles. The van der Waals surface area contributed by atoms with Gasteiger partial charge in [-0.3, -0.25) is 4.79 Å². The van der Waals surface area contributed by atoms with Crippen molar-refractivity contribution >= 4 is 22.9 Å². The maximum Gasteiger partial charge on any atom is 0.261 e. The van der Waals surface area contributed by atoms with Crippen LogP contribution in [0.5, 0.6) is 5.75 Å². The Morgan fingerprint density at radius 3 is 2.85 bits per heavy atom. The van der Waals surface area contributed by atoms with Crippen molar-refractivity contribution in [3.8, 4) is 5.75 Å². The first-order valence-electron chi connectivity index (χ1n) is 11.4. The summed E-state index contributed by atoms with van der Waals surface area (Å²) in [6, 6.07) is 3.60. The number of hydrogen-bond donors (Lipinski definition) is 2. The Kier molecular flexibility index (Phi) is 5.72. The van der Waals surface area contributed by atoms with Crippen LogP contribution in [0.4, 0.5) is 5.69 Å². The van der Waals surface area contributed by atoms with Crippen LogP contribution in [0.1, 0.15) is 61.5 Å². The second kappa shape index (κ2) is 8.82. The number of aromatic nitrogens is 5. The van der Waals surface area contributed by atoms with E-state index in [1.165, 1.54) is 0 Å². The first-order chi connectivity index (χ1) is 16.0. The lowest BCUT2D eigenvalue weighted by atomic mass is 9.81. The van der Waals surface area contributed by atoms with Gasteiger partial charge >= 0.3 is 0 Å². The van der Waals surface area contributed by atoms with Crippen LogP contribution in [-0.2, 0) is 0 Å². The Balaban J connectivity index is 1.46. The molecule has 0 unspecified atom stereocenters. The van der Waals surface area contributed by atoms with Gasteiger partial charge in [0.05, 0.1) is 23.6 Å². The van der Waals surface area contributed by atoms with Gasteiger partial charge < -0.3 is 19.6 Å². The number of anilines is 1. The number of rotatable bonds is 6.